The molecule has 11 nitrogen and oxygen atoms in total. The van der Waals surface area contributed by atoms with E-state index in [1.807, 2.05) is 0 Å². The molecule has 1 heterocycles. The Hall–Kier alpha value is -3.68. The fraction of sp³-hybridized carbons (Fsp3) is 0.389. The second-order valence-corrected chi connectivity index (χ2v) is 7.39. The minimum Gasteiger partial charge on any atom is -0.481 e. The molecule has 0 unspecified atom stereocenters. The van der Waals surface area contributed by atoms with Crippen LogP contribution < -0.4 is 11.1 Å². The number of anilines is 1. The molecule has 0 bridgehead atoms. The summed E-state index contributed by atoms with van der Waals surface area (Å²) in [6, 6.07) is 6.00. The largest absolute Gasteiger partial charge is 0.490 e. The molecule has 32 heavy (non-hydrogen) atoms. The van der Waals surface area contributed by atoms with Crippen LogP contribution in [0.3, 0.4) is 0 Å². The molecule has 0 radical (unpaired) electrons. The summed E-state index contributed by atoms with van der Waals surface area (Å²) < 4.78 is 31.7. The SMILES string of the molecule is NC(=O)c1ccc(NC(=O)CN2C[C@@]3(C(=O)O)C[C@@]3(C(=O)O)C2)cc1.O=C(O)C(F)(F)F. The third-order valence-corrected chi connectivity index (χ3v) is 5.26. The molecule has 0 spiro atoms. The number of benzene rings is 1. The van der Waals surface area contributed by atoms with Gasteiger partial charge in [-0.25, -0.2) is 4.79 Å². The number of carboxylic acids is 3. The lowest BCUT2D eigenvalue weighted by atomic mass is 9.97. The van der Waals surface area contributed by atoms with Gasteiger partial charge in [0, 0.05) is 24.3 Å². The molecule has 1 saturated carbocycles. The number of alkyl halides is 3. The summed E-state index contributed by atoms with van der Waals surface area (Å²) in [5.41, 5.74) is 3.30. The predicted octanol–water partition coefficient (Wildman–Crippen LogP) is 0.219. The molecular formula is C18H18F3N3O8. The number of nitrogens with two attached hydrogens (primary N) is 1. The molecule has 14 heteroatoms. The van der Waals surface area contributed by atoms with E-state index >= 15 is 0 Å². The van der Waals surface area contributed by atoms with Crippen LogP contribution in [0.1, 0.15) is 16.8 Å². The van der Waals surface area contributed by atoms with Crippen LogP contribution in [-0.4, -0.2) is 75.8 Å². The molecule has 2 fully saturated rings. The van der Waals surface area contributed by atoms with E-state index < -0.39 is 46.7 Å². The number of hydrogen-bond acceptors (Lipinski definition) is 6. The van der Waals surface area contributed by atoms with Crippen LogP contribution in [0.2, 0.25) is 0 Å². The summed E-state index contributed by atoms with van der Waals surface area (Å²) in [7, 11) is 0. The number of piperidine rings is 1. The van der Waals surface area contributed by atoms with Gasteiger partial charge in [-0.2, -0.15) is 13.2 Å². The first-order valence-corrected chi connectivity index (χ1v) is 8.83. The number of carbonyl (C=O) groups is 5. The van der Waals surface area contributed by atoms with Gasteiger partial charge in [0.1, 0.15) is 0 Å². The average molecular weight is 461 g/mol. The molecule has 1 aromatic carbocycles. The number of rotatable bonds is 6. The zero-order valence-corrected chi connectivity index (χ0v) is 16.2. The summed E-state index contributed by atoms with van der Waals surface area (Å²) >= 11 is 0. The van der Waals surface area contributed by atoms with Crippen molar-refractivity contribution in [1.82, 2.24) is 4.90 Å². The number of nitrogens with one attached hydrogen (secondary N) is 1. The van der Waals surface area contributed by atoms with Crippen molar-refractivity contribution < 1.29 is 52.5 Å². The average Bonchev–Trinajstić information content (AvgIpc) is 3.20. The van der Waals surface area contributed by atoms with Gasteiger partial charge in [0.05, 0.1) is 17.4 Å². The van der Waals surface area contributed by atoms with Crippen LogP contribution in [-0.2, 0) is 19.2 Å². The number of carbonyl (C=O) groups excluding carboxylic acids is 2. The minimum atomic E-state index is -5.08. The molecule has 1 saturated heterocycles. The normalized spacial score (nSPS) is 23.8. The zero-order valence-electron chi connectivity index (χ0n) is 16.2. The van der Waals surface area contributed by atoms with Crippen molar-refractivity contribution in [2.75, 3.05) is 25.0 Å². The molecule has 1 aliphatic carbocycles. The topological polar surface area (TPSA) is 187 Å². The summed E-state index contributed by atoms with van der Waals surface area (Å²) in [6.07, 6.45) is -4.99. The van der Waals surface area contributed by atoms with Crippen molar-refractivity contribution in [3.05, 3.63) is 29.8 Å². The zero-order chi connectivity index (χ0) is 24.5. The van der Waals surface area contributed by atoms with Crippen LogP contribution in [0.5, 0.6) is 0 Å². The maximum atomic E-state index is 12.1. The first-order valence-electron chi connectivity index (χ1n) is 8.83. The van der Waals surface area contributed by atoms with Gasteiger partial charge in [0.2, 0.25) is 11.8 Å². The summed E-state index contributed by atoms with van der Waals surface area (Å²) in [5, 5.41) is 28.5. The Balaban J connectivity index is 0.000000451. The first kappa shape index (κ1) is 24.6. The highest BCUT2D eigenvalue weighted by Gasteiger charge is 2.80. The number of likely N-dealkylation sites (tertiary alicyclic amines) is 1. The lowest BCUT2D eigenvalue weighted by molar-refractivity contribution is -0.192. The molecular weight excluding hydrogens is 443 g/mol. The van der Waals surface area contributed by atoms with E-state index in [0.717, 1.165) is 0 Å². The molecule has 2 amide bonds. The molecule has 2 atom stereocenters. The first-order chi connectivity index (χ1) is 14.6. The Morgan fingerprint density at radius 1 is 0.969 bits per heavy atom. The fourth-order valence-corrected chi connectivity index (χ4v) is 3.63. The Morgan fingerprint density at radius 2 is 1.41 bits per heavy atom. The van der Waals surface area contributed by atoms with Crippen molar-refractivity contribution in [2.24, 2.45) is 16.6 Å². The number of hydrogen-bond donors (Lipinski definition) is 5. The Kier molecular flexibility index (Phi) is 6.49. The highest BCUT2D eigenvalue weighted by atomic mass is 19.4. The van der Waals surface area contributed by atoms with Crippen molar-refractivity contribution in [1.29, 1.82) is 0 Å². The van der Waals surface area contributed by atoms with E-state index in [9.17, 15) is 42.6 Å². The van der Waals surface area contributed by atoms with Crippen LogP contribution in [0.15, 0.2) is 24.3 Å². The number of primary amides is 1. The van der Waals surface area contributed by atoms with Crippen LogP contribution >= 0.6 is 0 Å². The van der Waals surface area contributed by atoms with Gasteiger partial charge in [-0.1, -0.05) is 0 Å². The van der Waals surface area contributed by atoms with Gasteiger partial charge in [-0.3, -0.25) is 24.1 Å². The molecule has 1 aliphatic heterocycles. The third kappa shape index (κ3) is 4.80. The minimum absolute atomic E-state index is 0.0304. The molecule has 0 aromatic heterocycles. The van der Waals surface area contributed by atoms with Crippen molar-refractivity contribution >= 4 is 35.4 Å². The number of nitrogens with zero attached hydrogens (tertiary/aromatic N) is 1. The molecule has 174 valence electrons. The quantitative estimate of drug-likeness (QED) is 0.395. The van der Waals surface area contributed by atoms with E-state index in [0.29, 0.717) is 11.3 Å². The number of fused-ring (bicyclic) bond motifs is 1. The lowest BCUT2D eigenvalue weighted by Gasteiger charge is -2.18. The van der Waals surface area contributed by atoms with E-state index in [1.54, 1.807) is 4.90 Å². The highest BCUT2D eigenvalue weighted by Crippen LogP contribution is 2.68. The summed E-state index contributed by atoms with van der Waals surface area (Å²) in [5.74, 6) is -6.01. The highest BCUT2D eigenvalue weighted by molar-refractivity contribution is 5.97. The van der Waals surface area contributed by atoms with Gasteiger partial charge < -0.3 is 26.4 Å². The van der Waals surface area contributed by atoms with Crippen molar-refractivity contribution in [3.63, 3.8) is 0 Å². The molecule has 6 N–H and O–H groups in total. The van der Waals surface area contributed by atoms with Crippen LogP contribution in [0.4, 0.5) is 18.9 Å². The molecule has 1 aromatic rings. The molecule has 3 rings (SSSR count). The van der Waals surface area contributed by atoms with E-state index in [4.69, 9.17) is 15.6 Å². The second-order valence-electron chi connectivity index (χ2n) is 7.39. The van der Waals surface area contributed by atoms with Gasteiger partial charge in [0.15, 0.2) is 0 Å². The standard InChI is InChI=1S/C16H17N3O6.C2HF3O2/c17-12(21)9-1-3-10(4-2-9)18-11(20)5-19-7-15(13(22)23)6-16(15,8-19)14(24)25;3-2(4,5)1(6)7/h1-4H,5-8H2,(H2,17,21)(H,18,20)(H,22,23)(H,24,25);(H,6,7)/t15-,16+;. The Morgan fingerprint density at radius 3 is 1.75 bits per heavy atom. The fourth-order valence-electron chi connectivity index (χ4n) is 3.63. The Labute approximate surface area is 177 Å². The van der Waals surface area contributed by atoms with Crippen molar-refractivity contribution in [2.45, 2.75) is 12.6 Å². The van der Waals surface area contributed by atoms with E-state index in [2.05, 4.69) is 5.32 Å². The monoisotopic (exact) mass is 461 g/mol. The number of halogens is 3. The van der Waals surface area contributed by atoms with E-state index in [-0.39, 0.29) is 26.1 Å². The van der Waals surface area contributed by atoms with Gasteiger partial charge >= 0.3 is 24.1 Å². The number of carboxylic acid groups (broad SMARTS) is 3. The second kappa shape index (κ2) is 8.45. The van der Waals surface area contributed by atoms with E-state index in [1.165, 1.54) is 24.3 Å². The maximum Gasteiger partial charge on any atom is 0.490 e. The smallest absolute Gasteiger partial charge is 0.481 e. The third-order valence-electron chi connectivity index (χ3n) is 5.26. The van der Waals surface area contributed by atoms with Crippen LogP contribution in [0.25, 0.3) is 0 Å². The lowest BCUT2D eigenvalue weighted by Crippen LogP contribution is -2.35. The van der Waals surface area contributed by atoms with Gasteiger partial charge in [-0.05, 0) is 30.7 Å². The van der Waals surface area contributed by atoms with Crippen molar-refractivity contribution in [3.8, 4) is 0 Å². The molecule has 2 aliphatic rings. The number of amides is 2. The maximum absolute atomic E-state index is 12.1. The van der Waals surface area contributed by atoms with Crippen LogP contribution in [0, 0.1) is 10.8 Å². The number of aliphatic carboxylic acids is 3. The summed E-state index contributed by atoms with van der Waals surface area (Å²) in [6.45, 7) is -0.0486. The predicted molar refractivity (Wildman–Crippen MR) is 98.5 cm³/mol. The van der Waals surface area contributed by atoms with Gasteiger partial charge in [0.25, 0.3) is 0 Å². The van der Waals surface area contributed by atoms with Gasteiger partial charge in [-0.15, -0.1) is 0 Å². The Bertz CT molecular complexity index is 937. The summed E-state index contributed by atoms with van der Waals surface area (Å²) in [4.78, 5) is 56.5.